The molecule has 0 fully saturated rings. The Morgan fingerprint density at radius 1 is 1.00 bits per heavy atom. The molecule has 0 aliphatic carbocycles. The zero-order valence-electron chi connectivity index (χ0n) is 12.6. The van der Waals surface area contributed by atoms with Crippen LogP contribution in [0.25, 0.3) is 0 Å². The average molecular weight is 399 g/mol. The van der Waals surface area contributed by atoms with E-state index >= 15 is 0 Å². The first-order chi connectivity index (χ1) is 11.4. The number of nitro groups is 1. The number of aliphatic hydroxyl groups is 1. The molecule has 1 atom stereocenters. The highest BCUT2D eigenvalue weighted by molar-refractivity contribution is 5.37. The number of nitrogens with zero attached hydrogens (tertiary/aromatic N) is 1. The number of halogens is 9. The van der Waals surface area contributed by atoms with E-state index in [1.807, 2.05) is 0 Å². The van der Waals surface area contributed by atoms with Crippen molar-refractivity contribution in [2.75, 3.05) is 0 Å². The molecule has 148 valence electrons. The zero-order valence-corrected chi connectivity index (χ0v) is 12.6. The summed E-state index contributed by atoms with van der Waals surface area (Å²) in [6, 6.07) is 3.01. The highest BCUT2D eigenvalue weighted by Crippen LogP contribution is 2.55. The van der Waals surface area contributed by atoms with Crippen LogP contribution in [0.2, 0.25) is 0 Å². The SMILES string of the molecule is CC(O)(CC(F)(F)C(F)(F)C(F)(F)C(F)(F)F)c1cccc([N+](=O)[O-])c1. The van der Waals surface area contributed by atoms with Crippen LogP contribution in [0.15, 0.2) is 24.3 Å². The van der Waals surface area contributed by atoms with Crippen LogP contribution in [0.4, 0.5) is 45.2 Å². The Balaban J connectivity index is 3.29. The maximum Gasteiger partial charge on any atom is 0.460 e. The molecule has 0 bridgehead atoms. The van der Waals surface area contributed by atoms with Crippen molar-refractivity contribution in [3.8, 4) is 0 Å². The van der Waals surface area contributed by atoms with E-state index in [0.29, 0.717) is 13.0 Å². The molecule has 1 N–H and O–H groups in total. The number of non-ortho nitro benzene ring substituents is 1. The first-order valence-electron chi connectivity index (χ1n) is 6.54. The van der Waals surface area contributed by atoms with Gasteiger partial charge >= 0.3 is 23.9 Å². The molecule has 0 radical (unpaired) electrons. The quantitative estimate of drug-likeness (QED) is 0.430. The lowest BCUT2D eigenvalue weighted by molar-refractivity contribution is -0.400. The molecule has 1 unspecified atom stereocenters. The number of hydrogen-bond acceptors (Lipinski definition) is 3. The molecule has 13 heteroatoms. The molecule has 0 saturated carbocycles. The molecule has 1 rings (SSSR count). The van der Waals surface area contributed by atoms with E-state index in [9.17, 15) is 54.7 Å². The minimum atomic E-state index is -7.08. The van der Waals surface area contributed by atoms with Gasteiger partial charge in [-0.3, -0.25) is 10.1 Å². The normalized spacial score (nSPS) is 16.3. The highest BCUT2D eigenvalue weighted by Gasteiger charge is 2.81. The molecule has 0 aromatic heterocycles. The van der Waals surface area contributed by atoms with Gasteiger partial charge in [0.1, 0.15) is 0 Å². The molecule has 26 heavy (non-hydrogen) atoms. The third kappa shape index (κ3) is 3.71. The van der Waals surface area contributed by atoms with Gasteiger partial charge in [0.2, 0.25) is 0 Å². The number of hydrogen-bond donors (Lipinski definition) is 1. The largest absolute Gasteiger partial charge is 0.460 e. The predicted octanol–water partition coefficient (Wildman–Crippen LogP) is 4.66. The molecular formula is C13H10F9NO3. The number of nitro benzene ring substituents is 1. The Hall–Kier alpha value is -2.05. The van der Waals surface area contributed by atoms with Gasteiger partial charge in [0.15, 0.2) is 0 Å². The maximum atomic E-state index is 13.6. The molecule has 1 aromatic rings. The van der Waals surface area contributed by atoms with E-state index in [-0.39, 0.29) is 0 Å². The lowest BCUT2D eigenvalue weighted by Crippen LogP contribution is -2.62. The Morgan fingerprint density at radius 2 is 1.50 bits per heavy atom. The van der Waals surface area contributed by atoms with E-state index in [4.69, 9.17) is 0 Å². The van der Waals surface area contributed by atoms with Crippen molar-refractivity contribution in [3.63, 3.8) is 0 Å². The van der Waals surface area contributed by atoms with Crippen LogP contribution in [0.1, 0.15) is 18.9 Å². The number of rotatable bonds is 6. The summed E-state index contributed by atoms with van der Waals surface area (Å²) < 4.78 is 116. The summed E-state index contributed by atoms with van der Waals surface area (Å²) in [6.45, 7) is 0.418. The number of benzene rings is 1. The van der Waals surface area contributed by atoms with Gasteiger partial charge in [0.05, 0.1) is 16.9 Å². The zero-order chi connectivity index (χ0) is 20.8. The van der Waals surface area contributed by atoms with Crippen molar-refractivity contribution in [1.82, 2.24) is 0 Å². The number of alkyl halides is 9. The first-order valence-corrected chi connectivity index (χ1v) is 6.54. The van der Waals surface area contributed by atoms with Gasteiger partial charge in [-0.05, 0) is 12.5 Å². The molecule has 1 aromatic carbocycles. The fraction of sp³-hybridized carbons (Fsp3) is 0.538. The monoisotopic (exact) mass is 399 g/mol. The van der Waals surface area contributed by atoms with E-state index in [0.717, 1.165) is 18.2 Å². The molecule has 0 saturated heterocycles. The second-order valence-corrected chi connectivity index (χ2v) is 5.61. The third-order valence-electron chi connectivity index (χ3n) is 3.45. The van der Waals surface area contributed by atoms with Crippen molar-refractivity contribution in [1.29, 1.82) is 0 Å². The van der Waals surface area contributed by atoms with E-state index < -0.39 is 52.1 Å². The molecular weight excluding hydrogens is 389 g/mol. The molecule has 0 heterocycles. The van der Waals surface area contributed by atoms with Crippen molar-refractivity contribution in [3.05, 3.63) is 39.9 Å². The summed E-state index contributed by atoms with van der Waals surface area (Å²) in [5.41, 5.74) is -4.59. The van der Waals surface area contributed by atoms with Crippen LogP contribution in [-0.4, -0.2) is 34.0 Å². The molecule has 4 nitrogen and oxygen atoms in total. The van der Waals surface area contributed by atoms with Crippen molar-refractivity contribution in [2.45, 2.75) is 42.9 Å². The average Bonchev–Trinajstić information content (AvgIpc) is 2.44. The summed E-state index contributed by atoms with van der Waals surface area (Å²) in [5, 5.41) is 20.5. The standard InChI is InChI=1S/C13H10F9NO3/c1-9(24,7-3-2-4-8(5-7)23(25)26)6-10(14,15)11(16,17)12(18,19)13(20,21)22/h2-5,24H,6H2,1H3. The van der Waals surface area contributed by atoms with Crippen LogP contribution in [-0.2, 0) is 5.60 Å². The van der Waals surface area contributed by atoms with Gasteiger partial charge in [0.25, 0.3) is 5.69 Å². The Morgan fingerprint density at radius 3 is 1.92 bits per heavy atom. The maximum absolute atomic E-state index is 13.6. The molecule has 0 amide bonds. The molecule has 0 spiro atoms. The summed E-state index contributed by atoms with van der Waals surface area (Å²) in [4.78, 5) is 9.57. The topological polar surface area (TPSA) is 63.4 Å². The van der Waals surface area contributed by atoms with E-state index in [2.05, 4.69) is 0 Å². The van der Waals surface area contributed by atoms with Crippen LogP contribution in [0, 0.1) is 10.1 Å². The van der Waals surface area contributed by atoms with Gasteiger partial charge in [-0.1, -0.05) is 12.1 Å². The Bertz CT molecular complexity index is 686. The summed E-state index contributed by atoms with van der Waals surface area (Å²) >= 11 is 0. The summed E-state index contributed by atoms with van der Waals surface area (Å²) in [6.07, 6.45) is -9.53. The van der Waals surface area contributed by atoms with E-state index in [1.165, 1.54) is 0 Å². The van der Waals surface area contributed by atoms with Crippen LogP contribution in [0.3, 0.4) is 0 Å². The fourth-order valence-corrected chi connectivity index (χ4v) is 2.01. The lowest BCUT2D eigenvalue weighted by Gasteiger charge is -2.37. The highest BCUT2D eigenvalue weighted by atomic mass is 19.4. The Labute approximate surface area is 139 Å². The molecule has 0 aliphatic heterocycles. The van der Waals surface area contributed by atoms with Crippen molar-refractivity contribution in [2.24, 2.45) is 0 Å². The smallest absolute Gasteiger partial charge is 0.385 e. The predicted molar refractivity (Wildman–Crippen MR) is 68.2 cm³/mol. The minimum absolute atomic E-state index is 0.418. The summed E-state index contributed by atoms with van der Waals surface area (Å²) in [5.74, 6) is -20.0. The second kappa shape index (κ2) is 6.28. The summed E-state index contributed by atoms with van der Waals surface area (Å²) in [7, 11) is 0. The van der Waals surface area contributed by atoms with Gasteiger partial charge in [-0.25, -0.2) is 0 Å². The fourth-order valence-electron chi connectivity index (χ4n) is 2.01. The van der Waals surface area contributed by atoms with Crippen LogP contribution in [0.5, 0.6) is 0 Å². The van der Waals surface area contributed by atoms with E-state index in [1.54, 1.807) is 0 Å². The second-order valence-electron chi connectivity index (χ2n) is 5.61. The van der Waals surface area contributed by atoms with Crippen molar-refractivity contribution >= 4 is 5.69 Å². The minimum Gasteiger partial charge on any atom is -0.385 e. The van der Waals surface area contributed by atoms with Crippen LogP contribution >= 0.6 is 0 Å². The lowest BCUT2D eigenvalue weighted by atomic mass is 9.86. The van der Waals surface area contributed by atoms with Crippen LogP contribution < -0.4 is 0 Å². The van der Waals surface area contributed by atoms with Gasteiger partial charge in [-0.2, -0.15) is 39.5 Å². The molecule has 0 aliphatic rings. The van der Waals surface area contributed by atoms with Gasteiger partial charge in [-0.15, -0.1) is 0 Å². The first kappa shape index (κ1) is 22.0. The van der Waals surface area contributed by atoms with Gasteiger partial charge in [0, 0.05) is 12.1 Å². The van der Waals surface area contributed by atoms with Gasteiger partial charge < -0.3 is 5.11 Å². The third-order valence-corrected chi connectivity index (χ3v) is 3.45. The Kier molecular flexibility index (Phi) is 5.31. The van der Waals surface area contributed by atoms with Crippen molar-refractivity contribution < 1.29 is 49.5 Å².